The Morgan fingerprint density at radius 1 is 1.19 bits per heavy atom. The molecule has 0 aliphatic carbocycles. The van der Waals surface area contributed by atoms with Gasteiger partial charge in [0.05, 0.1) is 6.54 Å². The van der Waals surface area contributed by atoms with Gasteiger partial charge in [-0.25, -0.2) is 17.5 Å². The van der Waals surface area contributed by atoms with Crippen LogP contribution in [-0.4, -0.2) is 15.5 Å². The molecule has 0 saturated heterocycles. The quantitative estimate of drug-likeness (QED) is 0.855. The van der Waals surface area contributed by atoms with E-state index in [1.807, 2.05) is 0 Å². The predicted molar refractivity (Wildman–Crippen MR) is 76.6 cm³/mol. The fourth-order valence-electron chi connectivity index (χ4n) is 1.91. The largest absolute Gasteiger partial charge is 0.464 e. The van der Waals surface area contributed by atoms with Gasteiger partial charge in [0.1, 0.15) is 22.2 Å². The Hall–Kier alpha value is -1.70. The van der Waals surface area contributed by atoms with Crippen molar-refractivity contribution in [2.45, 2.75) is 24.9 Å². The Balaban J connectivity index is 2.12. The molecule has 114 valence electrons. The van der Waals surface area contributed by atoms with Crippen molar-refractivity contribution in [3.8, 4) is 0 Å². The van der Waals surface area contributed by atoms with Crippen LogP contribution in [0.15, 0.2) is 39.6 Å². The highest BCUT2D eigenvalue weighted by Crippen LogP contribution is 2.20. The molecular weight excluding hydrogens is 295 g/mol. The summed E-state index contributed by atoms with van der Waals surface area (Å²) in [4.78, 5) is 0.120. The minimum Gasteiger partial charge on any atom is -0.464 e. The van der Waals surface area contributed by atoms with Gasteiger partial charge < -0.3 is 9.73 Å². The molecule has 0 saturated carbocycles. The molecule has 2 rings (SSSR count). The number of hydrogen-bond donors (Lipinski definition) is 2. The Morgan fingerprint density at radius 2 is 1.86 bits per heavy atom. The fraction of sp³-hybridized carbons (Fsp3) is 0.286. The lowest BCUT2D eigenvalue weighted by molar-refractivity contribution is 0.465. The van der Waals surface area contributed by atoms with Gasteiger partial charge in [-0.15, -0.1) is 0 Å². The second-order valence-electron chi connectivity index (χ2n) is 4.61. The molecule has 1 heterocycles. The van der Waals surface area contributed by atoms with Gasteiger partial charge in [-0.2, -0.15) is 0 Å². The highest BCUT2D eigenvalue weighted by atomic mass is 32.2. The molecule has 21 heavy (non-hydrogen) atoms. The fourth-order valence-corrected chi connectivity index (χ4v) is 3.13. The van der Waals surface area contributed by atoms with Crippen LogP contribution in [-0.2, 0) is 23.1 Å². The van der Waals surface area contributed by atoms with E-state index in [1.165, 1.54) is 30.3 Å². The third-order valence-electron chi connectivity index (χ3n) is 2.94. The summed E-state index contributed by atoms with van der Waals surface area (Å²) in [5, 5.41) is 2.89. The lowest BCUT2D eigenvalue weighted by atomic mass is 10.2. The summed E-state index contributed by atoms with van der Waals surface area (Å²) in [5.41, 5.74) is 0.677. The van der Waals surface area contributed by atoms with Crippen molar-refractivity contribution in [2.24, 2.45) is 0 Å². The van der Waals surface area contributed by atoms with E-state index in [-0.39, 0.29) is 17.3 Å². The first-order valence-electron chi connectivity index (χ1n) is 6.40. The molecule has 7 heteroatoms. The van der Waals surface area contributed by atoms with Crippen molar-refractivity contribution in [3.63, 3.8) is 0 Å². The second-order valence-corrected chi connectivity index (χ2v) is 6.35. The lowest BCUT2D eigenvalue weighted by Crippen LogP contribution is -2.23. The molecule has 0 fully saturated rings. The van der Waals surface area contributed by atoms with Crippen LogP contribution in [0.4, 0.5) is 4.39 Å². The second kappa shape index (κ2) is 6.38. The van der Waals surface area contributed by atoms with Gasteiger partial charge in [-0.3, -0.25) is 0 Å². The SMILES string of the molecule is CNCc1cc(S(=O)(=O)NCc2ccc(F)cc2)c(C)o1. The van der Waals surface area contributed by atoms with E-state index in [4.69, 9.17) is 4.42 Å². The number of hydrogen-bond acceptors (Lipinski definition) is 4. The zero-order chi connectivity index (χ0) is 15.5. The van der Waals surface area contributed by atoms with Gasteiger partial charge in [-0.1, -0.05) is 12.1 Å². The van der Waals surface area contributed by atoms with Gasteiger partial charge in [0, 0.05) is 12.6 Å². The molecule has 1 aromatic carbocycles. The van der Waals surface area contributed by atoms with Crippen LogP contribution in [0.5, 0.6) is 0 Å². The summed E-state index contributed by atoms with van der Waals surface area (Å²) in [6.07, 6.45) is 0. The molecule has 0 amide bonds. The maximum Gasteiger partial charge on any atom is 0.244 e. The monoisotopic (exact) mass is 312 g/mol. The summed E-state index contributed by atoms with van der Waals surface area (Å²) >= 11 is 0. The first-order chi connectivity index (χ1) is 9.92. The lowest BCUT2D eigenvalue weighted by Gasteiger charge is -2.05. The van der Waals surface area contributed by atoms with Gasteiger partial charge >= 0.3 is 0 Å². The van der Waals surface area contributed by atoms with E-state index in [0.717, 1.165) is 0 Å². The predicted octanol–water partition coefficient (Wildman–Crippen LogP) is 1.93. The molecular formula is C14H17FN2O3S. The number of sulfonamides is 1. The van der Waals surface area contributed by atoms with Crippen LogP contribution in [0.3, 0.4) is 0 Å². The molecule has 0 bridgehead atoms. The number of rotatable bonds is 6. The Kier molecular flexibility index (Phi) is 4.76. The van der Waals surface area contributed by atoms with Crippen LogP contribution in [0.1, 0.15) is 17.1 Å². The van der Waals surface area contributed by atoms with Gasteiger partial charge in [0.2, 0.25) is 10.0 Å². The molecule has 0 spiro atoms. The molecule has 2 N–H and O–H groups in total. The highest BCUT2D eigenvalue weighted by Gasteiger charge is 2.20. The number of halogens is 1. The molecule has 0 aliphatic rings. The van der Waals surface area contributed by atoms with Crippen molar-refractivity contribution < 1.29 is 17.2 Å². The third-order valence-corrected chi connectivity index (χ3v) is 4.45. The van der Waals surface area contributed by atoms with Crippen molar-refractivity contribution in [1.29, 1.82) is 0 Å². The minimum absolute atomic E-state index is 0.0919. The average Bonchev–Trinajstić information content (AvgIpc) is 2.80. The summed E-state index contributed by atoms with van der Waals surface area (Å²) in [5.74, 6) is 0.535. The zero-order valence-electron chi connectivity index (χ0n) is 11.8. The van der Waals surface area contributed by atoms with Crippen molar-refractivity contribution in [3.05, 3.63) is 53.2 Å². The number of nitrogens with one attached hydrogen (secondary N) is 2. The van der Waals surface area contributed by atoms with Crippen LogP contribution < -0.4 is 10.0 Å². The number of furan rings is 1. The standard InChI is InChI=1S/C14H17FN2O3S/c1-10-14(7-13(20-10)9-16-2)21(18,19)17-8-11-3-5-12(15)6-4-11/h3-7,16-17H,8-9H2,1-2H3. The first-order valence-corrected chi connectivity index (χ1v) is 7.88. The van der Waals surface area contributed by atoms with Gasteiger partial charge in [-0.05, 0) is 31.7 Å². The normalized spacial score (nSPS) is 11.8. The zero-order valence-corrected chi connectivity index (χ0v) is 12.6. The van der Waals surface area contributed by atoms with Crippen LogP contribution in [0.25, 0.3) is 0 Å². The maximum absolute atomic E-state index is 12.8. The van der Waals surface area contributed by atoms with Crippen LogP contribution in [0, 0.1) is 12.7 Å². The third kappa shape index (κ3) is 3.90. The summed E-state index contributed by atoms with van der Waals surface area (Å²) < 4.78 is 45.1. The summed E-state index contributed by atoms with van der Waals surface area (Å²) in [6, 6.07) is 7.15. The molecule has 5 nitrogen and oxygen atoms in total. The van der Waals surface area contributed by atoms with E-state index >= 15 is 0 Å². The minimum atomic E-state index is -3.66. The highest BCUT2D eigenvalue weighted by molar-refractivity contribution is 7.89. The molecule has 0 atom stereocenters. The first kappa shape index (κ1) is 15.7. The topological polar surface area (TPSA) is 71.3 Å². The Labute approximate surface area is 123 Å². The van der Waals surface area contributed by atoms with E-state index in [0.29, 0.717) is 23.6 Å². The summed E-state index contributed by atoms with van der Waals surface area (Å²) in [7, 11) is -1.91. The van der Waals surface area contributed by atoms with Crippen LogP contribution >= 0.6 is 0 Å². The maximum atomic E-state index is 12.8. The Morgan fingerprint density at radius 3 is 2.48 bits per heavy atom. The van der Waals surface area contributed by atoms with E-state index in [9.17, 15) is 12.8 Å². The van der Waals surface area contributed by atoms with Crippen molar-refractivity contribution >= 4 is 10.0 Å². The molecule has 2 aromatic rings. The van der Waals surface area contributed by atoms with Gasteiger partial charge in [0.25, 0.3) is 0 Å². The molecule has 0 unspecified atom stereocenters. The Bertz CT molecular complexity index is 708. The van der Waals surface area contributed by atoms with Crippen molar-refractivity contribution in [2.75, 3.05) is 7.05 Å². The molecule has 1 aromatic heterocycles. The van der Waals surface area contributed by atoms with Gasteiger partial charge in [0.15, 0.2) is 0 Å². The van der Waals surface area contributed by atoms with E-state index in [2.05, 4.69) is 10.0 Å². The van der Waals surface area contributed by atoms with E-state index < -0.39 is 10.0 Å². The molecule has 0 aliphatic heterocycles. The van der Waals surface area contributed by atoms with Crippen LogP contribution in [0.2, 0.25) is 0 Å². The molecule has 0 radical (unpaired) electrons. The number of benzene rings is 1. The smallest absolute Gasteiger partial charge is 0.244 e. The van der Waals surface area contributed by atoms with Crippen molar-refractivity contribution in [1.82, 2.24) is 10.0 Å². The average molecular weight is 312 g/mol. The number of aryl methyl sites for hydroxylation is 1. The summed E-state index contributed by atoms with van der Waals surface area (Å²) in [6.45, 7) is 2.15. The van der Waals surface area contributed by atoms with E-state index in [1.54, 1.807) is 14.0 Å².